The van der Waals surface area contributed by atoms with Gasteiger partial charge in [0.25, 0.3) is 0 Å². The zero-order valence-corrected chi connectivity index (χ0v) is 18.4. The summed E-state index contributed by atoms with van der Waals surface area (Å²) in [5.74, 6) is 1.11. The van der Waals surface area contributed by atoms with Crippen LogP contribution in [-0.2, 0) is 11.3 Å². The van der Waals surface area contributed by atoms with E-state index < -0.39 is 0 Å². The van der Waals surface area contributed by atoms with Crippen molar-refractivity contribution in [3.05, 3.63) is 76.4 Å². The third-order valence-electron chi connectivity index (χ3n) is 4.92. The van der Waals surface area contributed by atoms with Gasteiger partial charge < -0.3 is 10.3 Å². The zero-order chi connectivity index (χ0) is 21.8. The summed E-state index contributed by atoms with van der Waals surface area (Å²) >= 11 is 11.3. The highest BCUT2D eigenvalue weighted by atomic mass is 35.5. The summed E-state index contributed by atoms with van der Waals surface area (Å²) in [4.78, 5) is 20.6. The lowest BCUT2D eigenvalue weighted by molar-refractivity contribution is -0.122. The molecule has 0 saturated heterocycles. The summed E-state index contributed by atoms with van der Waals surface area (Å²) in [7, 11) is 0. The SMILES string of the molecule is CCC(NC(=O)Cn1c(-c2ccc(Cl)cc2)n[nH]c1=S)c1ncc(-c2ccccc2)[nH]1. The predicted molar refractivity (Wildman–Crippen MR) is 123 cm³/mol. The van der Waals surface area contributed by atoms with E-state index in [1.54, 1.807) is 22.9 Å². The Bertz CT molecular complexity index is 1230. The Morgan fingerprint density at radius 2 is 1.90 bits per heavy atom. The number of rotatable bonds is 7. The Morgan fingerprint density at radius 3 is 2.61 bits per heavy atom. The first-order chi connectivity index (χ1) is 15.0. The van der Waals surface area contributed by atoms with Crippen LogP contribution in [0.5, 0.6) is 0 Å². The summed E-state index contributed by atoms with van der Waals surface area (Å²) in [6.45, 7) is 2.04. The van der Waals surface area contributed by atoms with Crippen LogP contribution in [0.2, 0.25) is 5.02 Å². The highest BCUT2D eigenvalue weighted by Crippen LogP contribution is 2.22. The third-order valence-corrected chi connectivity index (χ3v) is 5.48. The molecule has 9 heteroatoms. The van der Waals surface area contributed by atoms with E-state index in [4.69, 9.17) is 23.8 Å². The lowest BCUT2D eigenvalue weighted by atomic mass is 10.2. The smallest absolute Gasteiger partial charge is 0.240 e. The molecule has 0 radical (unpaired) electrons. The molecule has 7 nitrogen and oxygen atoms in total. The van der Waals surface area contributed by atoms with Crippen molar-refractivity contribution in [2.75, 3.05) is 0 Å². The average Bonchev–Trinajstić information content (AvgIpc) is 3.41. The van der Waals surface area contributed by atoms with Crippen LogP contribution in [-0.4, -0.2) is 30.6 Å². The Morgan fingerprint density at radius 1 is 1.16 bits per heavy atom. The Hall–Kier alpha value is -3.23. The van der Waals surface area contributed by atoms with Crippen LogP contribution in [0.3, 0.4) is 0 Å². The van der Waals surface area contributed by atoms with E-state index >= 15 is 0 Å². The first kappa shape index (κ1) is 21.0. The molecule has 2 aromatic carbocycles. The molecule has 1 unspecified atom stereocenters. The molecule has 0 spiro atoms. The molecule has 0 aliphatic heterocycles. The highest BCUT2D eigenvalue weighted by molar-refractivity contribution is 7.71. The number of aromatic amines is 2. The molecular formula is C22H21ClN6OS. The van der Waals surface area contributed by atoms with Gasteiger partial charge in [-0.25, -0.2) is 4.98 Å². The normalized spacial score (nSPS) is 11.9. The quantitative estimate of drug-likeness (QED) is 0.347. The number of hydrogen-bond acceptors (Lipinski definition) is 4. The molecule has 4 rings (SSSR count). The monoisotopic (exact) mass is 452 g/mol. The maximum absolute atomic E-state index is 12.8. The van der Waals surface area contributed by atoms with Crippen LogP contribution < -0.4 is 5.32 Å². The summed E-state index contributed by atoms with van der Waals surface area (Å²) < 4.78 is 2.04. The number of amides is 1. The second-order valence-electron chi connectivity index (χ2n) is 7.02. The number of nitrogens with zero attached hydrogens (tertiary/aromatic N) is 3. The Kier molecular flexibility index (Phi) is 6.29. The van der Waals surface area contributed by atoms with Gasteiger partial charge in [-0.2, -0.15) is 5.10 Å². The van der Waals surface area contributed by atoms with Crippen LogP contribution in [0, 0.1) is 4.77 Å². The van der Waals surface area contributed by atoms with E-state index in [-0.39, 0.29) is 18.5 Å². The molecule has 2 aromatic heterocycles. The number of hydrogen-bond donors (Lipinski definition) is 3. The van der Waals surface area contributed by atoms with Gasteiger partial charge in [0.1, 0.15) is 12.4 Å². The van der Waals surface area contributed by atoms with Crippen molar-refractivity contribution in [2.45, 2.75) is 25.9 Å². The van der Waals surface area contributed by atoms with Crippen LogP contribution in [0.4, 0.5) is 0 Å². The van der Waals surface area contributed by atoms with E-state index in [2.05, 4.69) is 25.5 Å². The number of aromatic nitrogens is 5. The van der Waals surface area contributed by atoms with Gasteiger partial charge in [0.15, 0.2) is 10.6 Å². The molecule has 1 amide bonds. The maximum atomic E-state index is 12.8. The number of halogens is 1. The van der Waals surface area contributed by atoms with Crippen molar-refractivity contribution in [2.24, 2.45) is 0 Å². The molecule has 31 heavy (non-hydrogen) atoms. The van der Waals surface area contributed by atoms with Gasteiger partial charge in [-0.15, -0.1) is 0 Å². The highest BCUT2D eigenvalue weighted by Gasteiger charge is 2.18. The summed E-state index contributed by atoms with van der Waals surface area (Å²) in [5.41, 5.74) is 2.76. The van der Waals surface area contributed by atoms with E-state index in [0.29, 0.717) is 27.9 Å². The first-order valence-electron chi connectivity index (χ1n) is 9.86. The van der Waals surface area contributed by atoms with E-state index in [0.717, 1.165) is 16.8 Å². The molecule has 0 fully saturated rings. The minimum absolute atomic E-state index is 0.0377. The third kappa shape index (κ3) is 4.76. The molecule has 0 aliphatic carbocycles. The summed E-state index contributed by atoms with van der Waals surface area (Å²) in [5, 5.41) is 10.7. The van der Waals surface area contributed by atoms with Crippen LogP contribution in [0.25, 0.3) is 22.6 Å². The second-order valence-corrected chi connectivity index (χ2v) is 7.85. The van der Waals surface area contributed by atoms with E-state index in [1.165, 1.54) is 0 Å². The lowest BCUT2D eigenvalue weighted by Crippen LogP contribution is -2.32. The fourth-order valence-corrected chi connectivity index (χ4v) is 3.63. The number of H-pyrrole nitrogens is 2. The molecule has 4 aromatic rings. The zero-order valence-electron chi connectivity index (χ0n) is 16.8. The lowest BCUT2D eigenvalue weighted by Gasteiger charge is -2.15. The maximum Gasteiger partial charge on any atom is 0.240 e. The summed E-state index contributed by atoms with van der Waals surface area (Å²) in [6.07, 6.45) is 2.47. The predicted octanol–water partition coefficient (Wildman–Crippen LogP) is 4.92. The topological polar surface area (TPSA) is 91.4 Å². The minimum atomic E-state index is -0.245. The second kappa shape index (κ2) is 9.28. The summed E-state index contributed by atoms with van der Waals surface area (Å²) in [6, 6.07) is 16.9. The van der Waals surface area contributed by atoms with Gasteiger partial charge in [-0.3, -0.25) is 14.5 Å². The van der Waals surface area contributed by atoms with Gasteiger partial charge in [0.2, 0.25) is 5.91 Å². The molecule has 1 atom stereocenters. The van der Waals surface area contributed by atoms with Crippen molar-refractivity contribution in [1.29, 1.82) is 0 Å². The molecule has 3 N–H and O–H groups in total. The minimum Gasteiger partial charge on any atom is -0.345 e. The fraction of sp³-hybridized carbons (Fsp3) is 0.182. The van der Waals surface area contributed by atoms with Crippen LogP contribution in [0.1, 0.15) is 25.2 Å². The van der Waals surface area contributed by atoms with Crippen molar-refractivity contribution in [3.8, 4) is 22.6 Å². The van der Waals surface area contributed by atoms with Gasteiger partial charge in [-0.05, 0) is 48.5 Å². The first-order valence-corrected chi connectivity index (χ1v) is 10.6. The van der Waals surface area contributed by atoms with Crippen molar-refractivity contribution < 1.29 is 4.79 Å². The standard InChI is InChI=1S/C22H21ClN6OS/c1-2-17(20-24-12-18(26-20)14-6-4-3-5-7-14)25-19(30)13-29-21(27-28-22(29)31)15-8-10-16(23)11-9-15/h3-12,17H,2,13H2,1H3,(H,24,26)(H,25,30)(H,28,31). The van der Waals surface area contributed by atoms with Crippen molar-refractivity contribution in [1.82, 2.24) is 30.0 Å². The fourth-order valence-electron chi connectivity index (χ4n) is 3.31. The van der Waals surface area contributed by atoms with Gasteiger partial charge in [-0.1, -0.05) is 48.9 Å². The average molecular weight is 453 g/mol. The van der Waals surface area contributed by atoms with Gasteiger partial charge in [0.05, 0.1) is 17.9 Å². The molecular weight excluding hydrogens is 432 g/mol. The molecule has 0 aliphatic rings. The number of benzene rings is 2. The number of imidazole rings is 1. The molecule has 0 saturated carbocycles. The molecule has 2 heterocycles. The van der Waals surface area contributed by atoms with Crippen molar-refractivity contribution in [3.63, 3.8) is 0 Å². The van der Waals surface area contributed by atoms with E-state index in [9.17, 15) is 4.79 Å². The van der Waals surface area contributed by atoms with Crippen molar-refractivity contribution >= 4 is 29.7 Å². The molecule has 158 valence electrons. The van der Waals surface area contributed by atoms with Gasteiger partial charge in [0, 0.05) is 10.6 Å². The Balaban J connectivity index is 1.50. The van der Waals surface area contributed by atoms with Crippen LogP contribution in [0.15, 0.2) is 60.8 Å². The Labute approximate surface area is 189 Å². The number of nitrogens with one attached hydrogen (secondary N) is 3. The largest absolute Gasteiger partial charge is 0.345 e. The number of carbonyl (C=O) groups excluding carboxylic acids is 1. The van der Waals surface area contributed by atoms with Gasteiger partial charge >= 0.3 is 0 Å². The number of carbonyl (C=O) groups is 1. The molecule has 0 bridgehead atoms. The van der Waals surface area contributed by atoms with E-state index in [1.807, 2.05) is 49.4 Å². The van der Waals surface area contributed by atoms with Crippen LogP contribution >= 0.6 is 23.8 Å².